The molecule has 1 N–H and O–H groups in total. The molecule has 2 unspecified atom stereocenters. The van der Waals surface area contributed by atoms with Crippen LogP contribution in [-0.4, -0.2) is 6.04 Å². The Bertz CT molecular complexity index is 406. The van der Waals surface area contributed by atoms with Crippen molar-refractivity contribution in [3.05, 3.63) is 34.9 Å². The number of nitrogens with one attached hydrogen (secondary N) is 1. The van der Waals surface area contributed by atoms with Gasteiger partial charge < -0.3 is 5.32 Å². The summed E-state index contributed by atoms with van der Waals surface area (Å²) in [5, 5.41) is 3.72. The molecule has 1 aromatic carbocycles. The fraction of sp³-hybridized carbons (Fsp3) is 0.647. The molecule has 1 aromatic rings. The fourth-order valence-corrected chi connectivity index (χ4v) is 3.01. The second-order valence-corrected chi connectivity index (χ2v) is 6.52. The first kappa shape index (κ1) is 13.6. The molecule has 0 bridgehead atoms. The van der Waals surface area contributed by atoms with Gasteiger partial charge in [-0.2, -0.15) is 0 Å². The zero-order chi connectivity index (χ0) is 13.3. The third-order valence-electron chi connectivity index (χ3n) is 4.21. The van der Waals surface area contributed by atoms with E-state index in [9.17, 15) is 0 Å². The predicted molar refractivity (Wildman–Crippen MR) is 79.0 cm³/mol. The Morgan fingerprint density at radius 3 is 2.56 bits per heavy atom. The van der Waals surface area contributed by atoms with E-state index in [0.29, 0.717) is 17.9 Å². The first-order valence-electron chi connectivity index (χ1n) is 7.35. The molecule has 0 aliphatic carbocycles. The van der Waals surface area contributed by atoms with E-state index in [1.165, 1.54) is 17.5 Å². The van der Waals surface area contributed by atoms with Gasteiger partial charge in [-0.3, -0.25) is 0 Å². The van der Waals surface area contributed by atoms with Gasteiger partial charge in [-0.1, -0.05) is 52.8 Å². The van der Waals surface area contributed by atoms with Crippen LogP contribution in [0.2, 0.25) is 0 Å². The van der Waals surface area contributed by atoms with Crippen molar-refractivity contribution in [1.82, 2.24) is 5.32 Å². The molecule has 1 heterocycles. The molecule has 0 saturated carbocycles. The lowest BCUT2D eigenvalue weighted by Gasteiger charge is -2.34. The molecule has 1 heteroatoms. The minimum absolute atomic E-state index is 0.624. The molecule has 0 amide bonds. The van der Waals surface area contributed by atoms with E-state index < -0.39 is 0 Å². The molecule has 0 fully saturated rings. The molecule has 2 rings (SSSR count). The molecular weight excluding hydrogens is 218 g/mol. The standard InChI is InChI=1S/C17H27N/c1-11(2)8-17-13(5)16-7-6-14(12(3)4)9-15(16)10-18-17/h6-7,9,11-13,17-18H,8,10H2,1-5H3. The smallest absolute Gasteiger partial charge is 0.0211 e. The van der Waals surface area contributed by atoms with Gasteiger partial charge in [-0.05, 0) is 40.9 Å². The molecule has 1 nitrogen and oxygen atoms in total. The normalized spacial score (nSPS) is 23.5. The summed E-state index contributed by atoms with van der Waals surface area (Å²) in [4.78, 5) is 0. The van der Waals surface area contributed by atoms with E-state index in [4.69, 9.17) is 0 Å². The summed E-state index contributed by atoms with van der Waals surface area (Å²) in [6.07, 6.45) is 1.27. The molecule has 2 atom stereocenters. The molecular formula is C17H27N. The second kappa shape index (κ2) is 5.44. The minimum atomic E-state index is 0.624. The Labute approximate surface area is 112 Å². The summed E-state index contributed by atoms with van der Waals surface area (Å²) in [5.41, 5.74) is 4.53. The van der Waals surface area contributed by atoms with Gasteiger partial charge in [0.25, 0.3) is 0 Å². The molecule has 0 spiro atoms. The minimum Gasteiger partial charge on any atom is -0.309 e. The Balaban J connectivity index is 2.22. The maximum absolute atomic E-state index is 3.72. The summed E-state index contributed by atoms with van der Waals surface area (Å²) in [6, 6.07) is 7.72. The summed E-state index contributed by atoms with van der Waals surface area (Å²) in [6.45, 7) is 12.6. The first-order chi connectivity index (χ1) is 8.49. The fourth-order valence-electron chi connectivity index (χ4n) is 3.01. The number of hydrogen-bond acceptors (Lipinski definition) is 1. The van der Waals surface area contributed by atoms with Crippen molar-refractivity contribution in [1.29, 1.82) is 0 Å². The highest BCUT2D eigenvalue weighted by Crippen LogP contribution is 2.32. The Morgan fingerprint density at radius 2 is 1.94 bits per heavy atom. The number of fused-ring (bicyclic) bond motifs is 1. The third-order valence-corrected chi connectivity index (χ3v) is 4.21. The average Bonchev–Trinajstić information content (AvgIpc) is 2.32. The monoisotopic (exact) mass is 245 g/mol. The lowest BCUT2D eigenvalue weighted by atomic mass is 9.81. The van der Waals surface area contributed by atoms with Crippen LogP contribution in [0.1, 0.15) is 69.6 Å². The quantitative estimate of drug-likeness (QED) is 0.830. The van der Waals surface area contributed by atoms with Crippen molar-refractivity contribution >= 4 is 0 Å². The van der Waals surface area contributed by atoms with Crippen LogP contribution < -0.4 is 5.32 Å². The molecule has 100 valence electrons. The molecule has 1 aliphatic rings. The summed E-state index contributed by atoms with van der Waals surface area (Å²) >= 11 is 0. The Morgan fingerprint density at radius 1 is 1.22 bits per heavy atom. The highest BCUT2D eigenvalue weighted by Gasteiger charge is 2.26. The summed E-state index contributed by atoms with van der Waals surface area (Å²) < 4.78 is 0. The van der Waals surface area contributed by atoms with Gasteiger partial charge in [-0.15, -0.1) is 0 Å². The van der Waals surface area contributed by atoms with E-state index in [1.54, 1.807) is 5.56 Å². The van der Waals surface area contributed by atoms with Crippen LogP contribution in [0.25, 0.3) is 0 Å². The van der Waals surface area contributed by atoms with Crippen LogP contribution in [0.15, 0.2) is 18.2 Å². The average molecular weight is 245 g/mol. The van der Waals surface area contributed by atoms with E-state index in [2.05, 4.69) is 58.1 Å². The van der Waals surface area contributed by atoms with Crippen LogP contribution in [-0.2, 0) is 6.54 Å². The number of benzene rings is 1. The molecule has 0 saturated heterocycles. The van der Waals surface area contributed by atoms with Crippen LogP contribution in [0.3, 0.4) is 0 Å². The largest absolute Gasteiger partial charge is 0.309 e. The van der Waals surface area contributed by atoms with Crippen molar-refractivity contribution in [3.8, 4) is 0 Å². The van der Waals surface area contributed by atoms with Crippen molar-refractivity contribution in [2.75, 3.05) is 0 Å². The van der Waals surface area contributed by atoms with E-state index >= 15 is 0 Å². The lowest BCUT2D eigenvalue weighted by Crippen LogP contribution is -2.39. The van der Waals surface area contributed by atoms with Gasteiger partial charge in [0.1, 0.15) is 0 Å². The zero-order valence-electron chi connectivity index (χ0n) is 12.5. The van der Waals surface area contributed by atoms with Gasteiger partial charge in [0.15, 0.2) is 0 Å². The number of rotatable bonds is 3. The maximum atomic E-state index is 3.72. The van der Waals surface area contributed by atoms with E-state index in [1.807, 2.05) is 0 Å². The zero-order valence-corrected chi connectivity index (χ0v) is 12.5. The van der Waals surface area contributed by atoms with Crippen LogP contribution >= 0.6 is 0 Å². The second-order valence-electron chi connectivity index (χ2n) is 6.52. The predicted octanol–water partition coefficient (Wildman–Crippen LogP) is 4.43. The van der Waals surface area contributed by atoms with E-state index in [0.717, 1.165) is 12.5 Å². The maximum Gasteiger partial charge on any atom is 0.0211 e. The third kappa shape index (κ3) is 2.77. The summed E-state index contributed by atoms with van der Waals surface area (Å²) in [5.74, 6) is 2.03. The van der Waals surface area contributed by atoms with Crippen molar-refractivity contribution < 1.29 is 0 Å². The number of hydrogen-bond donors (Lipinski definition) is 1. The highest BCUT2D eigenvalue weighted by atomic mass is 14.9. The molecule has 1 aliphatic heterocycles. The highest BCUT2D eigenvalue weighted by molar-refractivity contribution is 5.38. The van der Waals surface area contributed by atoms with Gasteiger partial charge >= 0.3 is 0 Å². The van der Waals surface area contributed by atoms with Crippen LogP contribution in [0.5, 0.6) is 0 Å². The Hall–Kier alpha value is -0.820. The van der Waals surface area contributed by atoms with Crippen LogP contribution in [0, 0.1) is 5.92 Å². The van der Waals surface area contributed by atoms with Gasteiger partial charge in [0.2, 0.25) is 0 Å². The molecule has 0 aromatic heterocycles. The van der Waals surface area contributed by atoms with Gasteiger partial charge in [0.05, 0.1) is 0 Å². The van der Waals surface area contributed by atoms with Crippen molar-refractivity contribution in [3.63, 3.8) is 0 Å². The van der Waals surface area contributed by atoms with Crippen LogP contribution in [0.4, 0.5) is 0 Å². The van der Waals surface area contributed by atoms with Crippen molar-refractivity contribution in [2.24, 2.45) is 5.92 Å². The Kier molecular flexibility index (Phi) is 4.11. The first-order valence-corrected chi connectivity index (χ1v) is 7.35. The van der Waals surface area contributed by atoms with Gasteiger partial charge in [0, 0.05) is 12.6 Å². The van der Waals surface area contributed by atoms with Crippen molar-refractivity contribution in [2.45, 2.75) is 65.5 Å². The molecule has 0 radical (unpaired) electrons. The topological polar surface area (TPSA) is 12.0 Å². The van der Waals surface area contributed by atoms with Gasteiger partial charge in [-0.25, -0.2) is 0 Å². The molecule has 18 heavy (non-hydrogen) atoms. The van der Waals surface area contributed by atoms with E-state index in [-0.39, 0.29) is 0 Å². The summed E-state index contributed by atoms with van der Waals surface area (Å²) in [7, 11) is 0. The SMILES string of the molecule is CC(C)CC1NCc2cc(C(C)C)ccc2C1C. The lowest BCUT2D eigenvalue weighted by molar-refractivity contribution is 0.355.